The number of amides is 3. The zero-order valence-electron chi connectivity index (χ0n) is 16.9. The van der Waals surface area contributed by atoms with Gasteiger partial charge in [-0.1, -0.05) is 63.2 Å². The summed E-state index contributed by atoms with van der Waals surface area (Å²) in [7, 11) is 0. The number of nitrogens with zero attached hydrogens (tertiary/aromatic N) is 1. The molecule has 3 rings (SSSR count). The molecule has 0 unspecified atom stereocenters. The number of likely N-dealkylation sites (tertiary alicyclic amines) is 1. The molecule has 5 nitrogen and oxygen atoms in total. The Morgan fingerprint density at radius 1 is 1.04 bits per heavy atom. The van der Waals surface area contributed by atoms with Crippen LogP contribution < -0.4 is 10.6 Å². The fourth-order valence-electron chi connectivity index (χ4n) is 3.43. The standard InChI is InChI=1S/C23H29N3O2/c1-23(2,3)18-13-11-17(12-14-18)16-24-21(27)20-10-7-15-26(20)22(28)25-19-8-5-4-6-9-19/h4-6,8-9,11-14,20H,7,10,15-16H2,1-3H3,(H,24,27)(H,25,28)/t20-/m1/s1. The summed E-state index contributed by atoms with van der Waals surface area (Å²) >= 11 is 0. The molecular formula is C23H29N3O2. The quantitative estimate of drug-likeness (QED) is 0.832. The van der Waals surface area contributed by atoms with Gasteiger partial charge in [0.05, 0.1) is 0 Å². The molecular weight excluding hydrogens is 350 g/mol. The first kappa shape index (κ1) is 19.9. The van der Waals surface area contributed by atoms with E-state index in [0.29, 0.717) is 19.5 Å². The van der Waals surface area contributed by atoms with Crippen molar-refractivity contribution < 1.29 is 9.59 Å². The fraction of sp³-hybridized carbons (Fsp3) is 0.391. The van der Waals surface area contributed by atoms with Gasteiger partial charge in [0.2, 0.25) is 5.91 Å². The van der Waals surface area contributed by atoms with Gasteiger partial charge in [-0.2, -0.15) is 0 Å². The summed E-state index contributed by atoms with van der Waals surface area (Å²) in [6.45, 7) is 7.60. The highest BCUT2D eigenvalue weighted by molar-refractivity contribution is 5.94. The maximum absolute atomic E-state index is 12.7. The third-order valence-corrected chi connectivity index (χ3v) is 5.13. The second-order valence-electron chi connectivity index (χ2n) is 8.31. The summed E-state index contributed by atoms with van der Waals surface area (Å²) in [5, 5.41) is 5.86. The van der Waals surface area contributed by atoms with Crippen LogP contribution in [-0.4, -0.2) is 29.4 Å². The predicted octanol–water partition coefficient (Wildman–Crippen LogP) is 4.30. The van der Waals surface area contributed by atoms with Crippen molar-refractivity contribution in [3.8, 4) is 0 Å². The molecule has 3 amide bonds. The van der Waals surface area contributed by atoms with E-state index in [0.717, 1.165) is 17.7 Å². The van der Waals surface area contributed by atoms with Crippen LogP contribution in [0.15, 0.2) is 54.6 Å². The molecule has 1 aliphatic rings. The molecule has 1 heterocycles. The molecule has 1 saturated heterocycles. The fourth-order valence-corrected chi connectivity index (χ4v) is 3.43. The molecule has 5 heteroatoms. The summed E-state index contributed by atoms with van der Waals surface area (Å²) in [5.41, 5.74) is 3.16. The number of carbonyl (C=O) groups is 2. The van der Waals surface area contributed by atoms with Gasteiger partial charge in [0.1, 0.15) is 6.04 Å². The van der Waals surface area contributed by atoms with Crippen LogP contribution in [0.5, 0.6) is 0 Å². The Labute approximate surface area is 167 Å². The number of nitrogens with one attached hydrogen (secondary N) is 2. The van der Waals surface area contributed by atoms with Crippen molar-refractivity contribution in [2.75, 3.05) is 11.9 Å². The summed E-state index contributed by atoms with van der Waals surface area (Å²) < 4.78 is 0. The molecule has 1 aliphatic heterocycles. The van der Waals surface area contributed by atoms with Crippen LogP contribution >= 0.6 is 0 Å². The lowest BCUT2D eigenvalue weighted by atomic mass is 9.87. The minimum atomic E-state index is -0.419. The van der Waals surface area contributed by atoms with Crippen LogP contribution in [0.2, 0.25) is 0 Å². The second-order valence-corrected chi connectivity index (χ2v) is 8.31. The zero-order chi connectivity index (χ0) is 20.1. The Morgan fingerprint density at radius 3 is 2.36 bits per heavy atom. The molecule has 2 aromatic carbocycles. The predicted molar refractivity (Wildman–Crippen MR) is 112 cm³/mol. The van der Waals surface area contributed by atoms with Crippen molar-refractivity contribution in [2.45, 2.75) is 51.6 Å². The molecule has 0 bridgehead atoms. The van der Waals surface area contributed by atoms with Gasteiger partial charge in [0.15, 0.2) is 0 Å². The molecule has 2 aromatic rings. The van der Waals surface area contributed by atoms with Crippen LogP contribution in [0, 0.1) is 0 Å². The van der Waals surface area contributed by atoms with Crippen molar-refractivity contribution in [1.29, 1.82) is 0 Å². The highest BCUT2D eigenvalue weighted by Crippen LogP contribution is 2.22. The lowest BCUT2D eigenvalue weighted by Crippen LogP contribution is -2.47. The maximum Gasteiger partial charge on any atom is 0.322 e. The molecule has 0 spiro atoms. The lowest BCUT2D eigenvalue weighted by molar-refractivity contribution is -0.124. The number of benzene rings is 2. The number of carbonyl (C=O) groups excluding carboxylic acids is 2. The molecule has 0 aromatic heterocycles. The SMILES string of the molecule is CC(C)(C)c1ccc(CNC(=O)[C@H]2CCCN2C(=O)Nc2ccccc2)cc1. The van der Waals surface area contributed by atoms with E-state index in [1.165, 1.54) is 5.56 Å². The Balaban J connectivity index is 1.56. The third-order valence-electron chi connectivity index (χ3n) is 5.13. The minimum Gasteiger partial charge on any atom is -0.350 e. The van der Waals surface area contributed by atoms with Gasteiger partial charge in [-0.25, -0.2) is 4.79 Å². The second kappa shape index (κ2) is 8.46. The third kappa shape index (κ3) is 4.91. The molecule has 148 valence electrons. The largest absolute Gasteiger partial charge is 0.350 e. The average molecular weight is 380 g/mol. The van der Waals surface area contributed by atoms with Crippen molar-refractivity contribution in [2.24, 2.45) is 0 Å². The molecule has 1 atom stereocenters. The van der Waals surface area contributed by atoms with Crippen LogP contribution in [0.25, 0.3) is 0 Å². The van der Waals surface area contributed by atoms with Crippen molar-refractivity contribution in [3.05, 3.63) is 65.7 Å². The van der Waals surface area contributed by atoms with Gasteiger partial charge in [0, 0.05) is 18.8 Å². The highest BCUT2D eigenvalue weighted by atomic mass is 16.2. The van der Waals surface area contributed by atoms with Crippen molar-refractivity contribution >= 4 is 17.6 Å². The highest BCUT2D eigenvalue weighted by Gasteiger charge is 2.34. The van der Waals surface area contributed by atoms with E-state index >= 15 is 0 Å². The van der Waals surface area contributed by atoms with Crippen molar-refractivity contribution in [1.82, 2.24) is 10.2 Å². The maximum atomic E-state index is 12.7. The van der Waals surface area contributed by atoms with Gasteiger partial charge in [-0.05, 0) is 41.5 Å². The summed E-state index contributed by atoms with van der Waals surface area (Å²) in [6, 6.07) is 17.0. The minimum absolute atomic E-state index is 0.0967. The van der Waals surface area contributed by atoms with E-state index in [1.54, 1.807) is 4.90 Å². The van der Waals surface area contributed by atoms with E-state index in [-0.39, 0.29) is 17.4 Å². The Morgan fingerprint density at radius 2 is 1.71 bits per heavy atom. The van der Waals surface area contributed by atoms with Crippen LogP contribution in [0.3, 0.4) is 0 Å². The molecule has 1 fully saturated rings. The first-order chi connectivity index (χ1) is 13.3. The summed E-state index contributed by atoms with van der Waals surface area (Å²) in [5.74, 6) is -0.0967. The van der Waals surface area contributed by atoms with Gasteiger partial charge < -0.3 is 15.5 Å². The van der Waals surface area contributed by atoms with E-state index < -0.39 is 6.04 Å². The van der Waals surface area contributed by atoms with E-state index in [4.69, 9.17) is 0 Å². The van der Waals surface area contributed by atoms with Crippen LogP contribution in [0.4, 0.5) is 10.5 Å². The number of hydrogen-bond acceptors (Lipinski definition) is 2. The van der Waals surface area contributed by atoms with Crippen LogP contribution in [-0.2, 0) is 16.8 Å². The number of rotatable bonds is 4. The van der Waals surface area contributed by atoms with Crippen LogP contribution in [0.1, 0.15) is 44.7 Å². The Kier molecular flexibility index (Phi) is 6.02. The number of hydrogen-bond donors (Lipinski definition) is 2. The topological polar surface area (TPSA) is 61.4 Å². The first-order valence-corrected chi connectivity index (χ1v) is 9.84. The number of para-hydroxylation sites is 1. The van der Waals surface area contributed by atoms with E-state index in [1.807, 2.05) is 30.3 Å². The monoisotopic (exact) mass is 379 g/mol. The first-order valence-electron chi connectivity index (χ1n) is 9.84. The van der Waals surface area contributed by atoms with Gasteiger partial charge >= 0.3 is 6.03 Å². The number of anilines is 1. The molecule has 0 radical (unpaired) electrons. The smallest absolute Gasteiger partial charge is 0.322 e. The average Bonchev–Trinajstić information content (AvgIpc) is 3.17. The van der Waals surface area contributed by atoms with Gasteiger partial charge in [-0.3, -0.25) is 4.79 Å². The Hall–Kier alpha value is -2.82. The van der Waals surface area contributed by atoms with Gasteiger partial charge in [0.25, 0.3) is 0 Å². The van der Waals surface area contributed by atoms with E-state index in [9.17, 15) is 9.59 Å². The van der Waals surface area contributed by atoms with E-state index in [2.05, 4.69) is 55.7 Å². The molecule has 2 N–H and O–H groups in total. The Bertz CT molecular complexity index is 810. The summed E-state index contributed by atoms with van der Waals surface area (Å²) in [4.78, 5) is 26.9. The number of urea groups is 1. The summed E-state index contributed by atoms with van der Waals surface area (Å²) in [6.07, 6.45) is 1.53. The lowest BCUT2D eigenvalue weighted by Gasteiger charge is -2.24. The normalized spacial score (nSPS) is 16.7. The molecule has 0 saturated carbocycles. The molecule has 0 aliphatic carbocycles. The molecule has 28 heavy (non-hydrogen) atoms. The van der Waals surface area contributed by atoms with Gasteiger partial charge in [-0.15, -0.1) is 0 Å². The zero-order valence-corrected chi connectivity index (χ0v) is 16.9. The van der Waals surface area contributed by atoms with Crippen molar-refractivity contribution in [3.63, 3.8) is 0 Å².